The Labute approximate surface area is 229 Å². The molecule has 2 N–H and O–H groups in total. The van der Waals surface area contributed by atoms with Crippen molar-refractivity contribution in [3.63, 3.8) is 0 Å². The van der Waals surface area contributed by atoms with Crippen LogP contribution >= 0.6 is 0 Å². The zero-order valence-electron chi connectivity index (χ0n) is 21.5. The first-order chi connectivity index (χ1) is 19.0. The van der Waals surface area contributed by atoms with Crippen molar-refractivity contribution in [1.82, 2.24) is 9.96 Å². The van der Waals surface area contributed by atoms with E-state index in [4.69, 9.17) is 0 Å². The number of anilines is 2. The monoisotopic (exact) mass is 584 g/mol. The highest BCUT2D eigenvalue weighted by molar-refractivity contribution is 5.98. The van der Waals surface area contributed by atoms with E-state index in [2.05, 4.69) is 5.32 Å². The normalized spacial score (nSPS) is 17.1. The number of benzene rings is 3. The molecule has 0 aromatic heterocycles. The van der Waals surface area contributed by atoms with Gasteiger partial charge >= 0.3 is 24.4 Å². The van der Waals surface area contributed by atoms with Crippen LogP contribution in [-0.2, 0) is 18.9 Å². The van der Waals surface area contributed by atoms with Gasteiger partial charge < -0.3 is 10.2 Å². The first-order valence-electron chi connectivity index (χ1n) is 12.0. The summed E-state index contributed by atoms with van der Waals surface area (Å²) < 4.78 is 93.3. The SMILES string of the molecule is CC1(C)C(N(O)C(=O)Nc2cccc(C(F)(F)F)c2)N(c2cccc(C(F)(F)F)c2)C(=O)N1Cc1ccc(F)cc1. The summed E-state index contributed by atoms with van der Waals surface area (Å²) in [6.07, 6.45) is -11.2. The van der Waals surface area contributed by atoms with Gasteiger partial charge in [-0.05, 0) is 67.9 Å². The molecule has 0 bridgehead atoms. The number of hydroxylamine groups is 2. The zero-order chi connectivity index (χ0) is 30.3. The van der Waals surface area contributed by atoms with Crippen molar-refractivity contribution in [2.75, 3.05) is 10.2 Å². The molecule has 1 fully saturated rings. The van der Waals surface area contributed by atoms with Crippen LogP contribution < -0.4 is 10.2 Å². The predicted octanol–water partition coefficient (Wildman–Crippen LogP) is 7.33. The van der Waals surface area contributed by atoms with Gasteiger partial charge in [0.05, 0.1) is 16.7 Å². The van der Waals surface area contributed by atoms with Crippen molar-refractivity contribution in [2.24, 2.45) is 0 Å². The number of urea groups is 2. The van der Waals surface area contributed by atoms with E-state index >= 15 is 0 Å². The number of hydrogen-bond donors (Lipinski definition) is 2. The Morgan fingerprint density at radius 3 is 2.07 bits per heavy atom. The van der Waals surface area contributed by atoms with Gasteiger partial charge in [-0.3, -0.25) is 10.1 Å². The minimum atomic E-state index is -4.78. The first kappa shape index (κ1) is 29.6. The number of halogens is 7. The second-order valence-corrected chi connectivity index (χ2v) is 9.79. The van der Waals surface area contributed by atoms with Crippen LogP contribution in [0, 0.1) is 5.82 Å². The zero-order valence-corrected chi connectivity index (χ0v) is 21.5. The molecule has 1 aliphatic rings. The van der Waals surface area contributed by atoms with Crippen LogP contribution in [0.2, 0.25) is 0 Å². The lowest BCUT2D eigenvalue weighted by atomic mass is 9.99. The second-order valence-electron chi connectivity index (χ2n) is 9.79. The molecule has 1 heterocycles. The molecule has 7 nitrogen and oxygen atoms in total. The Hall–Kier alpha value is -4.33. The Morgan fingerprint density at radius 2 is 1.49 bits per heavy atom. The maximum Gasteiger partial charge on any atom is 0.416 e. The van der Waals surface area contributed by atoms with Crippen LogP contribution in [0.4, 0.5) is 51.7 Å². The third-order valence-corrected chi connectivity index (χ3v) is 6.60. The average Bonchev–Trinajstić information content (AvgIpc) is 3.09. The Bertz CT molecular complexity index is 1440. The Balaban J connectivity index is 1.74. The molecular formula is C27H23F7N4O3. The lowest BCUT2D eigenvalue weighted by Crippen LogP contribution is -2.58. The van der Waals surface area contributed by atoms with Gasteiger partial charge in [-0.2, -0.15) is 31.4 Å². The highest BCUT2D eigenvalue weighted by Crippen LogP contribution is 2.41. The van der Waals surface area contributed by atoms with Crippen molar-refractivity contribution in [3.05, 3.63) is 95.3 Å². The molecule has 0 radical (unpaired) electrons. The molecule has 3 aromatic rings. The van der Waals surface area contributed by atoms with Crippen LogP contribution in [0.3, 0.4) is 0 Å². The lowest BCUT2D eigenvalue weighted by Gasteiger charge is -2.38. The van der Waals surface area contributed by atoms with Gasteiger partial charge in [-0.25, -0.2) is 14.0 Å². The molecule has 1 atom stereocenters. The van der Waals surface area contributed by atoms with Gasteiger partial charge in [0.15, 0.2) is 6.17 Å². The topological polar surface area (TPSA) is 76.1 Å². The van der Waals surface area contributed by atoms with Gasteiger partial charge in [-0.15, -0.1) is 0 Å². The molecule has 1 unspecified atom stereocenters. The number of hydrogen-bond acceptors (Lipinski definition) is 3. The van der Waals surface area contributed by atoms with E-state index in [1.54, 1.807) is 0 Å². The summed E-state index contributed by atoms with van der Waals surface area (Å²) in [5.74, 6) is -0.544. The molecule has 1 saturated heterocycles. The van der Waals surface area contributed by atoms with E-state index in [-0.39, 0.29) is 23.0 Å². The molecule has 4 rings (SSSR count). The van der Waals surface area contributed by atoms with Crippen LogP contribution in [0.5, 0.6) is 0 Å². The van der Waals surface area contributed by atoms with Crippen molar-refractivity contribution >= 4 is 23.4 Å². The number of rotatable bonds is 5. The Morgan fingerprint density at radius 1 is 0.927 bits per heavy atom. The lowest BCUT2D eigenvalue weighted by molar-refractivity contribution is -0.138. The van der Waals surface area contributed by atoms with Crippen molar-refractivity contribution < 1.29 is 45.5 Å². The number of carbonyl (C=O) groups is 2. The summed E-state index contributed by atoms with van der Waals surface area (Å²) in [7, 11) is 0. The van der Waals surface area contributed by atoms with Crippen molar-refractivity contribution in [2.45, 2.75) is 44.4 Å². The first-order valence-corrected chi connectivity index (χ1v) is 12.0. The summed E-state index contributed by atoms with van der Waals surface area (Å²) in [4.78, 5) is 28.7. The molecule has 3 aromatic carbocycles. The molecule has 218 valence electrons. The highest BCUT2D eigenvalue weighted by Gasteiger charge is 2.56. The highest BCUT2D eigenvalue weighted by atomic mass is 19.4. The number of alkyl halides is 6. The number of carbonyl (C=O) groups excluding carboxylic acids is 2. The van der Waals surface area contributed by atoms with Crippen molar-refractivity contribution in [3.8, 4) is 0 Å². The fraction of sp³-hybridized carbons (Fsp3) is 0.259. The van der Waals surface area contributed by atoms with Crippen LogP contribution in [0.25, 0.3) is 0 Å². The van der Waals surface area contributed by atoms with Crippen LogP contribution in [0.15, 0.2) is 72.8 Å². The number of amides is 4. The molecule has 0 saturated carbocycles. The van der Waals surface area contributed by atoms with Gasteiger partial charge in [0, 0.05) is 17.9 Å². The van der Waals surface area contributed by atoms with E-state index in [1.165, 1.54) is 36.9 Å². The minimum absolute atomic E-state index is 0.0447. The largest absolute Gasteiger partial charge is 0.416 e. The maximum absolute atomic E-state index is 13.7. The van der Waals surface area contributed by atoms with Gasteiger partial charge in [0.25, 0.3) is 0 Å². The Kier molecular flexibility index (Phi) is 7.65. The van der Waals surface area contributed by atoms with E-state index in [0.717, 1.165) is 47.4 Å². The average molecular weight is 584 g/mol. The predicted molar refractivity (Wildman–Crippen MR) is 133 cm³/mol. The fourth-order valence-corrected chi connectivity index (χ4v) is 4.54. The standard InChI is InChI=1S/C27H23F7N4O3/c1-25(2)22(38(41)23(39)35-20-7-3-5-17(13-20)26(29,30)31)37(21-8-4-6-18(14-21)27(32,33)34)24(40)36(25)15-16-9-11-19(28)12-10-16/h3-14,22,41H,15H2,1-2H3,(H,35,39). The quantitative estimate of drug-likeness (QED) is 0.187. The summed E-state index contributed by atoms with van der Waals surface area (Å²) in [5, 5.41) is 13.2. The van der Waals surface area contributed by atoms with Crippen molar-refractivity contribution in [1.29, 1.82) is 0 Å². The number of nitrogens with zero attached hydrogens (tertiary/aromatic N) is 3. The third kappa shape index (κ3) is 6.06. The van der Waals surface area contributed by atoms with E-state index in [1.807, 2.05) is 0 Å². The van der Waals surface area contributed by atoms with Crippen LogP contribution in [0.1, 0.15) is 30.5 Å². The molecule has 14 heteroatoms. The molecule has 4 amide bonds. The molecule has 0 aliphatic carbocycles. The van der Waals surface area contributed by atoms with E-state index in [9.17, 15) is 45.5 Å². The summed E-state index contributed by atoms with van der Waals surface area (Å²) >= 11 is 0. The minimum Gasteiger partial charge on any atom is -0.311 e. The van der Waals surface area contributed by atoms with E-state index in [0.29, 0.717) is 17.7 Å². The molecular weight excluding hydrogens is 561 g/mol. The van der Waals surface area contributed by atoms with Gasteiger partial charge in [0.1, 0.15) is 5.82 Å². The summed E-state index contributed by atoms with van der Waals surface area (Å²) in [6, 6.07) is 10.0. The molecule has 0 spiro atoms. The summed E-state index contributed by atoms with van der Waals surface area (Å²) in [5.41, 5.74) is -3.88. The molecule has 41 heavy (non-hydrogen) atoms. The van der Waals surface area contributed by atoms with Gasteiger partial charge in [0.2, 0.25) is 0 Å². The third-order valence-electron chi connectivity index (χ3n) is 6.60. The van der Waals surface area contributed by atoms with Gasteiger partial charge in [-0.1, -0.05) is 24.3 Å². The maximum atomic E-state index is 13.7. The fourth-order valence-electron chi connectivity index (χ4n) is 4.54. The summed E-state index contributed by atoms with van der Waals surface area (Å²) in [6.45, 7) is 2.70. The van der Waals surface area contributed by atoms with Crippen LogP contribution in [-0.4, -0.2) is 38.9 Å². The second kappa shape index (κ2) is 10.6. The van der Waals surface area contributed by atoms with E-state index < -0.39 is 53.1 Å². The number of nitrogens with one attached hydrogen (secondary N) is 1. The molecule has 1 aliphatic heterocycles. The smallest absolute Gasteiger partial charge is 0.311 e.